The second kappa shape index (κ2) is 20.3. The standard InChI is InChI=1S/C48H54O15/c1-29(49)37(53)44-46(55,30(2)50)48(57,32(4)52)47(56,31(3)51)45(63-44)62-40-38(54)39(58-25-33-17-9-5-10-18-33)41(59-26-34-19-11-6-12-20-34)43(61-28-36-23-15-8-16-24-36)42(40)60-27-35-21-13-7-14-22-35/h5-24,37-45,53-57H,25-28H2,1-4H3/t37?,38-,39+,40-,41-,42+,43+,44+,45-,46+,47+,48-/m0/s1. The number of ether oxygens (including phenoxy) is 6. The van der Waals surface area contributed by atoms with E-state index >= 15 is 0 Å². The molecule has 0 bridgehead atoms. The first-order valence-corrected chi connectivity index (χ1v) is 20.6. The number of aliphatic hydroxyl groups excluding tert-OH is 2. The molecule has 336 valence electrons. The van der Waals surface area contributed by atoms with Gasteiger partial charge < -0.3 is 54.0 Å². The number of rotatable bonds is 19. The molecule has 1 aliphatic carbocycles. The van der Waals surface area contributed by atoms with Gasteiger partial charge in [0.25, 0.3) is 0 Å². The predicted molar refractivity (Wildman–Crippen MR) is 223 cm³/mol. The molecule has 6 rings (SSSR count). The zero-order valence-corrected chi connectivity index (χ0v) is 35.4. The van der Waals surface area contributed by atoms with Gasteiger partial charge in [-0.3, -0.25) is 19.2 Å². The van der Waals surface area contributed by atoms with E-state index in [1.165, 1.54) is 0 Å². The first kappa shape index (κ1) is 47.6. The average Bonchev–Trinajstić information content (AvgIpc) is 3.28. The summed E-state index contributed by atoms with van der Waals surface area (Å²) in [7, 11) is 0. The van der Waals surface area contributed by atoms with Gasteiger partial charge in [0.05, 0.1) is 26.4 Å². The number of ketones is 4. The summed E-state index contributed by atoms with van der Waals surface area (Å²) in [6, 6.07) is 36.3. The highest BCUT2D eigenvalue weighted by atomic mass is 16.7. The molecule has 15 heteroatoms. The Bertz CT molecular complexity index is 2160. The normalized spacial score (nSPS) is 31.2. The van der Waals surface area contributed by atoms with Gasteiger partial charge in [-0.1, -0.05) is 121 Å². The third-order valence-electron chi connectivity index (χ3n) is 11.8. The van der Waals surface area contributed by atoms with Crippen molar-refractivity contribution in [2.75, 3.05) is 0 Å². The Hall–Kier alpha value is -4.88. The third-order valence-corrected chi connectivity index (χ3v) is 11.8. The van der Waals surface area contributed by atoms with Crippen molar-refractivity contribution in [2.24, 2.45) is 0 Å². The fourth-order valence-electron chi connectivity index (χ4n) is 8.32. The zero-order chi connectivity index (χ0) is 45.5. The number of benzene rings is 4. The van der Waals surface area contributed by atoms with Gasteiger partial charge in [0.1, 0.15) is 48.8 Å². The Labute approximate surface area is 365 Å². The predicted octanol–water partition coefficient (Wildman–Crippen LogP) is 2.72. The summed E-state index contributed by atoms with van der Waals surface area (Å²) in [5.41, 5.74) is -8.15. The van der Waals surface area contributed by atoms with Gasteiger partial charge in [-0.15, -0.1) is 0 Å². The van der Waals surface area contributed by atoms with E-state index in [0.717, 1.165) is 31.9 Å². The molecule has 1 heterocycles. The van der Waals surface area contributed by atoms with Crippen LogP contribution in [0.3, 0.4) is 0 Å². The van der Waals surface area contributed by atoms with E-state index in [0.29, 0.717) is 18.1 Å². The SMILES string of the molecule is CC(=O)C(O)[C@H]1O[C@H](O[C@H]2[C@@H](O)[C@@H](OCc3ccccc3)[C@H](OCc3ccccc3)[C@@H](OCc3ccccc3)[C@@H]2OCc2ccccc2)[C@](O)(C(C)=O)[C@](O)(C(C)=O)[C@@]1(O)C(C)=O. The summed E-state index contributed by atoms with van der Waals surface area (Å²) in [6.07, 6.45) is -16.3. The minimum Gasteiger partial charge on any atom is -0.387 e. The molecule has 0 spiro atoms. The highest BCUT2D eigenvalue weighted by Crippen LogP contribution is 2.49. The van der Waals surface area contributed by atoms with Crippen molar-refractivity contribution in [1.29, 1.82) is 0 Å². The molecule has 0 radical (unpaired) electrons. The number of Topliss-reactive ketones (excluding diaryl/α,β-unsaturated/α-hetero) is 4. The topological polar surface area (TPSA) is 225 Å². The maximum Gasteiger partial charge on any atom is 0.213 e. The van der Waals surface area contributed by atoms with Crippen LogP contribution in [0, 0.1) is 0 Å². The van der Waals surface area contributed by atoms with E-state index in [1.54, 1.807) is 54.6 Å². The first-order chi connectivity index (χ1) is 30.0. The molecule has 15 nitrogen and oxygen atoms in total. The van der Waals surface area contributed by atoms with Crippen LogP contribution in [0.4, 0.5) is 0 Å². The minimum absolute atomic E-state index is 0.0151. The Balaban J connectivity index is 1.52. The molecule has 1 saturated heterocycles. The third kappa shape index (κ3) is 9.51. The summed E-state index contributed by atoms with van der Waals surface area (Å²) in [4.78, 5) is 53.4. The Morgan fingerprint density at radius 1 is 0.524 bits per heavy atom. The molecule has 2 aliphatic rings. The molecule has 63 heavy (non-hydrogen) atoms. The van der Waals surface area contributed by atoms with E-state index in [2.05, 4.69) is 0 Å². The van der Waals surface area contributed by atoms with Crippen molar-refractivity contribution in [2.45, 2.75) is 126 Å². The van der Waals surface area contributed by atoms with Crippen molar-refractivity contribution in [1.82, 2.24) is 0 Å². The molecule has 2 fully saturated rings. The fraction of sp³-hybridized carbons (Fsp3) is 0.417. The molecule has 5 N–H and O–H groups in total. The van der Waals surface area contributed by atoms with Crippen LogP contribution < -0.4 is 0 Å². The van der Waals surface area contributed by atoms with E-state index in [9.17, 15) is 44.7 Å². The number of aliphatic hydroxyl groups is 5. The van der Waals surface area contributed by atoms with Gasteiger partial charge >= 0.3 is 0 Å². The van der Waals surface area contributed by atoms with Crippen molar-refractivity contribution < 1.29 is 73.1 Å². The Morgan fingerprint density at radius 2 is 0.857 bits per heavy atom. The van der Waals surface area contributed by atoms with Crippen molar-refractivity contribution in [3.05, 3.63) is 144 Å². The fourth-order valence-corrected chi connectivity index (χ4v) is 8.32. The van der Waals surface area contributed by atoms with Gasteiger partial charge in [-0.05, 0) is 49.9 Å². The van der Waals surface area contributed by atoms with Crippen LogP contribution >= 0.6 is 0 Å². The molecule has 0 amide bonds. The maximum atomic E-state index is 13.8. The van der Waals surface area contributed by atoms with Crippen molar-refractivity contribution in [3.63, 3.8) is 0 Å². The van der Waals surface area contributed by atoms with Gasteiger partial charge in [-0.25, -0.2) is 0 Å². The molecule has 4 aromatic rings. The minimum atomic E-state index is -3.81. The van der Waals surface area contributed by atoms with Gasteiger partial charge in [0.15, 0.2) is 35.0 Å². The molecule has 1 saturated carbocycles. The van der Waals surface area contributed by atoms with Crippen LogP contribution in [0.15, 0.2) is 121 Å². The number of hydrogen-bond acceptors (Lipinski definition) is 15. The summed E-state index contributed by atoms with van der Waals surface area (Å²) in [5, 5.41) is 60.6. The number of carbonyl (C=O) groups excluding carboxylic acids is 4. The average molecular weight is 871 g/mol. The van der Waals surface area contributed by atoms with Gasteiger partial charge in [0.2, 0.25) is 11.2 Å². The van der Waals surface area contributed by atoms with E-state index in [-0.39, 0.29) is 26.4 Å². The smallest absolute Gasteiger partial charge is 0.213 e. The summed E-state index contributed by atoms with van der Waals surface area (Å²) in [5.74, 6) is -5.46. The first-order valence-electron chi connectivity index (χ1n) is 20.6. The van der Waals surface area contributed by atoms with Crippen molar-refractivity contribution >= 4 is 23.1 Å². The Morgan fingerprint density at radius 3 is 1.19 bits per heavy atom. The van der Waals surface area contributed by atoms with Crippen LogP contribution in [-0.2, 0) is 74.0 Å². The van der Waals surface area contributed by atoms with Gasteiger partial charge in [-0.2, -0.15) is 0 Å². The van der Waals surface area contributed by atoms with E-state index in [1.807, 2.05) is 66.7 Å². The van der Waals surface area contributed by atoms with Crippen LogP contribution in [0.5, 0.6) is 0 Å². The van der Waals surface area contributed by atoms with Crippen molar-refractivity contribution in [3.8, 4) is 0 Å². The van der Waals surface area contributed by atoms with Crippen LogP contribution in [0.1, 0.15) is 49.9 Å². The molecule has 1 aliphatic heterocycles. The largest absolute Gasteiger partial charge is 0.387 e. The van der Waals surface area contributed by atoms with Crippen LogP contribution in [0.2, 0.25) is 0 Å². The van der Waals surface area contributed by atoms with E-state index in [4.69, 9.17) is 28.4 Å². The van der Waals surface area contributed by atoms with Gasteiger partial charge in [0, 0.05) is 0 Å². The lowest BCUT2D eigenvalue weighted by atomic mass is 9.60. The molecule has 1 unspecified atom stereocenters. The van der Waals surface area contributed by atoms with Crippen LogP contribution in [-0.4, -0.2) is 121 Å². The van der Waals surface area contributed by atoms with Crippen LogP contribution in [0.25, 0.3) is 0 Å². The molecule has 0 aromatic heterocycles. The summed E-state index contributed by atoms with van der Waals surface area (Å²) in [6.45, 7) is 2.84. The molecule has 4 aromatic carbocycles. The summed E-state index contributed by atoms with van der Waals surface area (Å²) < 4.78 is 38.8. The summed E-state index contributed by atoms with van der Waals surface area (Å²) >= 11 is 0. The molecular weight excluding hydrogens is 817 g/mol. The molecule has 12 atom stereocenters. The lowest BCUT2D eigenvalue weighted by Gasteiger charge is -2.59. The Kier molecular flexibility index (Phi) is 15.3. The number of carbonyl (C=O) groups is 4. The lowest BCUT2D eigenvalue weighted by Crippen LogP contribution is -2.87. The highest BCUT2D eigenvalue weighted by molar-refractivity contribution is 6.05. The quantitative estimate of drug-likeness (QED) is 0.0914. The maximum absolute atomic E-state index is 13.8. The monoisotopic (exact) mass is 870 g/mol. The van der Waals surface area contributed by atoms with E-state index < -0.39 is 95.1 Å². The highest BCUT2D eigenvalue weighted by Gasteiger charge is 2.80. The molecular formula is C48H54O15. The zero-order valence-electron chi connectivity index (χ0n) is 35.4. The number of hydrogen-bond donors (Lipinski definition) is 5. The lowest BCUT2D eigenvalue weighted by molar-refractivity contribution is -0.394. The second-order valence-electron chi connectivity index (χ2n) is 16.0. The second-order valence-corrected chi connectivity index (χ2v) is 16.0.